The number of rotatable bonds is 2. The monoisotopic (exact) mass is 316 g/mol. The second-order valence-electron chi connectivity index (χ2n) is 5.58. The van der Waals surface area contributed by atoms with Crippen LogP contribution in [0.2, 0.25) is 0 Å². The number of halogens is 1. The van der Waals surface area contributed by atoms with E-state index in [0.717, 1.165) is 21.6 Å². The van der Waals surface area contributed by atoms with Gasteiger partial charge in [0.2, 0.25) is 5.91 Å². The van der Waals surface area contributed by atoms with Gasteiger partial charge < -0.3 is 4.90 Å². The predicted octanol–water partition coefficient (Wildman–Crippen LogP) is 3.51. The van der Waals surface area contributed by atoms with Crippen molar-refractivity contribution >= 4 is 23.4 Å². The number of amides is 1. The van der Waals surface area contributed by atoms with E-state index in [4.69, 9.17) is 5.14 Å². The maximum atomic E-state index is 13.9. The van der Waals surface area contributed by atoms with Crippen LogP contribution in [0.5, 0.6) is 0 Å². The first-order chi connectivity index (χ1) is 10.5. The average molecular weight is 316 g/mol. The van der Waals surface area contributed by atoms with Gasteiger partial charge in [0.15, 0.2) is 0 Å². The van der Waals surface area contributed by atoms with Gasteiger partial charge in [-0.05, 0) is 41.3 Å². The molecule has 1 aliphatic heterocycles. The molecule has 2 N–H and O–H groups in total. The summed E-state index contributed by atoms with van der Waals surface area (Å²) >= 11 is 1.18. The molecule has 0 aromatic heterocycles. The van der Waals surface area contributed by atoms with Crippen LogP contribution in [0.4, 0.5) is 4.39 Å². The number of nitrogens with zero attached hydrogens (tertiary/aromatic N) is 1. The SMILES string of the molecule is CC1C(F)=CC=C2C(c3cccc(SN)c3)=CN(C)C(=O)C21. The molecule has 1 aromatic carbocycles. The molecule has 3 rings (SSSR count). The summed E-state index contributed by atoms with van der Waals surface area (Å²) in [7, 11) is 1.71. The summed E-state index contributed by atoms with van der Waals surface area (Å²) in [6, 6.07) is 7.82. The second kappa shape index (κ2) is 5.74. The van der Waals surface area contributed by atoms with Gasteiger partial charge in [-0.3, -0.25) is 9.93 Å². The first-order valence-electron chi connectivity index (χ1n) is 7.06. The number of allylic oxidation sites excluding steroid dienone is 4. The van der Waals surface area contributed by atoms with Crippen molar-refractivity contribution in [1.82, 2.24) is 4.90 Å². The fourth-order valence-electron chi connectivity index (χ4n) is 2.99. The van der Waals surface area contributed by atoms with E-state index < -0.39 is 11.8 Å². The fourth-order valence-corrected chi connectivity index (χ4v) is 3.34. The molecule has 2 atom stereocenters. The Labute approximate surface area is 133 Å². The summed E-state index contributed by atoms with van der Waals surface area (Å²) in [5.41, 5.74) is 2.80. The minimum absolute atomic E-state index is 0.0740. The maximum absolute atomic E-state index is 13.9. The van der Waals surface area contributed by atoms with Gasteiger partial charge in [-0.1, -0.05) is 25.1 Å². The Morgan fingerprint density at radius 3 is 2.82 bits per heavy atom. The zero-order chi connectivity index (χ0) is 15.9. The third kappa shape index (κ3) is 2.40. The first kappa shape index (κ1) is 15.1. The molecule has 0 radical (unpaired) electrons. The Morgan fingerprint density at radius 2 is 2.09 bits per heavy atom. The number of carbonyl (C=O) groups excluding carboxylic acids is 1. The zero-order valence-electron chi connectivity index (χ0n) is 12.4. The number of hydrogen-bond acceptors (Lipinski definition) is 3. The molecule has 114 valence electrons. The summed E-state index contributed by atoms with van der Waals surface area (Å²) < 4.78 is 13.9. The van der Waals surface area contributed by atoms with Gasteiger partial charge in [-0.2, -0.15) is 0 Å². The zero-order valence-corrected chi connectivity index (χ0v) is 13.2. The van der Waals surface area contributed by atoms with Gasteiger partial charge in [-0.25, -0.2) is 4.39 Å². The molecule has 1 aromatic rings. The molecule has 3 nitrogen and oxygen atoms in total. The molecular weight excluding hydrogens is 299 g/mol. The molecule has 0 fully saturated rings. The Morgan fingerprint density at radius 1 is 1.32 bits per heavy atom. The third-order valence-electron chi connectivity index (χ3n) is 4.22. The topological polar surface area (TPSA) is 46.3 Å². The molecule has 1 amide bonds. The third-order valence-corrected chi connectivity index (χ3v) is 4.75. The van der Waals surface area contributed by atoms with E-state index in [1.54, 1.807) is 24.9 Å². The molecule has 22 heavy (non-hydrogen) atoms. The highest BCUT2D eigenvalue weighted by atomic mass is 32.2. The van der Waals surface area contributed by atoms with E-state index in [9.17, 15) is 9.18 Å². The summed E-state index contributed by atoms with van der Waals surface area (Å²) in [6.45, 7) is 1.75. The molecular formula is C17H17FN2OS. The molecule has 5 heteroatoms. The van der Waals surface area contributed by atoms with Crippen molar-refractivity contribution in [2.45, 2.75) is 11.8 Å². The van der Waals surface area contributed by atoms with Crippen molar-refractivity contribution in [3.63, 3.8) is 0 Å². The largest absolute Gasteiger partial charge is 0.321 e. The lowest BCUT2D eigenvalue weighted by Crippen LogP contribution is -2.39. The van der Waals surface area contributed by atoms with Crippen LogP contribution in [-0.2, 0) is 4.79 Å². The Hall–Kier alpha value is -1.85. The molecule has 1 heterocycles. The smallest absolute Gasteiger partial charge is 0.234 e. The van der Waals surface area contributed by atoms with Gasteiger partial charge >= 0.3 is 0 Å². The average Bonchev–Trinajstić information content (AvgIpc) is 2.53. The highest BCUT2D eigenvalue weighted by Gasteiger charge is 2.39. The Kier molecular flexibility index (Phi) is 3.93. The standard InChI is InChI=1S/C17H17FN2OS/c1-10-15(18)7-6-13-14(9-20(2)17(21)16(10)13)11-4-3-5-12(8-11)22-19/h3-10,16H,19H2,1-2H3. The van der Waals surface area contributed by atoms with Crippen molar-refractivity contribution in [3.05, 3.63) is 59.6 Å². The second-order valence-corrected chi connectivity index (χ2v) is 6.28. The lowest BCUT2D eigenvalue weighted by molar-refractivity contribution is -0.132. The normalized spacial score (nSPS) is 24.5. The minimum atomic E-state index is -0.468. The van der Waals surface area contributed by atoms with Crippen LogP contribution in [0.3, 0.4) is 0 Å². The molecule has 1 aliphatic carbocycles. The molecule has 2 unspecified atom stereocenters. The van der Waals surface area contributed by atoms with E-state index in [0.29, 0.717) is 0 Å². The molecule has 2 aliphatic rings. The van der Waals surface area contributed by atoms with Gasteiger partial charge in [0, 0.05) is 29.6 Å². The van der Waals surface area contributed by atoms with Crippen LogP contribution in [0.25, 0.3) is 5.57 Å². The minimum Gasteiger partial charge on any atom is -0.321 e. The van der Waals surface area contributed by atoms with Crippen LogP contribution < -0.4 is 5.14 Å². The fraction of sp³-hybridized carbons (Fsp3) is 0.235. The highest BCUT2D eigenvalue weighted by molar-refractivity contribution is 7.97. The molecule has 0 saturated heterocycles. The van der Waals surface area contributed by atoms with Crippen molar-refractivity contribution < 1.29 is 9.18 Å². The number of hydrogen-bond donors (Lipinski definition) is 1. The van der Waals surface area contributed by atoms with Crippen LogP contribution in [-0.4, -0.2) is 17.9 Å². The van der Waals surface area contributed by atoms with E-state index >= 15 is 0 Å². The number of nitrogens with two attached hydrogens (primary N) is 1. The summed E-state index contributed by atoms with van der Waals surface area (Å²) in [5.74, 6) is -1.23. The van der Waals surface area contributed by atoms with E-state index in [1.807, 2.05) is 30.5 Å². The summed E-state index contributed by atoms with van der Waals surface area (Å²) in [5, 5.41) is 5.63. The van der Waals surface area contributed by atoms with Crippen LogP contribution in [0.15, 0.2) is 58.9 Å². The van der Waals surface area contributed by atoms with E-state index in [1.165, 1.54) is 18.0 Å². The Balaban J connectivity index is 2.13. The number of benzene rings is 1. The van der Waals surface area contributed by atoms with Gasteiger partial charge in [-0.15, -0.1) is 0 Å². The van der Waals surface area contributed by atoms with E-state index in [2.05, 4.69) is 0 Å². The lowest BCUT2D eigenvalue weighted by Gasteiger charge is -2.35. The molecule has 0 bridgehead atoms. The van der Waals surface area contributed by atoms with Gasteiger partial charge in [0.25, 0.3) is 0 Å². The summed E-state index contributed by atoms with van der Waals surface area (Å²) in [6.07, 6.45) is 5.00. The van der Waals surface area contributed by atoms with E-state index in [-0.39, 0.29) is 11.7 Å². The summed E-state index contributed by atoms with van der Waals surface area (Å²) in [4.78, 5) is 14.9. The van der Waals surface area contributed by atoms with Crippen molar-refractivity contribution in [1.29, 1.82) is 0 Å². The van der Waals surface area contributed by atoms with Crippen LogP contribution in [0.1, 0.15) is 12.5 Å². The maximum Gasteiger partial charge on any atom is 0.234 e. The van der Waals surface area contributed by atoms with Crippen LogP contribution in [0, 0.1) is 11.8 Å². The molecule has 0 saturated carbocycles. The predicted molar refractivity (Wildman–Crippen MR) is 87.2 cm³/mol. The van der Waals surface area contributed by atoms with Crippen LogP contribution >= 0.6 is 11.9 Å². The lowest BCUT2D eigenvalue weighted by atomic mass is 9.75. The van der Waals surface area contributed by atoms with Crippen molar-refractivity contribution in [2.24, 2.45) is 17.0 Å². The highest BCUT2D eigenvalue weighted by Crippen LogP contribution is 2.43. The Bertz CT molecular complexity index is 723. The number of carbonyl (C=O) groups is 1. The first-order valence-corrected chi connectivity index (χ1v) is 7.94. The van der Waals surface area contributed by atoms with Gasteiger partial charge in [0.05, 0.1) is 5.92 Å². The van der Waals surface area contributed by atoms with Crippen molar-refractivity contribution in [3.8, 4) is 0 Å². The molecule has 0 spiro atoms. The van der Waals surface area contributed by atoms with Gasteiger partial charge in [0.1, 0.15) is 5.83 Å². The van der Waals surface area contributed by atoms with Crippen molar-refractivity contribution in [2.75, 3.05) is 7.05 Å². The number of fused-ring (bicyclic) bond motifs is 1. The quantitative estimate of drug-likeness (QED) is 0.849.